The summed E-state index contributed by atoms with van der Waals surface area (Å²) >= 11 is 7.54. The van der Waals surface area contributed by atoms with Gasteiger partial charge in [0.25, 0.3) is 5.91 Å². The number of hydrogen-bond acceptors (Lipinski definition) is 5. The molecular formula is C18H23ClN2O4S2. The average Bonchev–Trinajstić information content (AvgIpc) is 3.06. The minimum Gasteiger partial charge on any atom is -0.495 e. The third kappa shape index (κ3) is 4.12. The van der Waals surface area contributed by atoms with Crippen molar-refractivity contribution in [1.29, 1.82) is 0 Å². The maximum Gasteiger partial charge on any atom is 0.251 e. The highest BCUT2D eigenvalue weighted by atomic mass is 35.5. The number of ether oxygens (including phenoxy) is 1. The van der Waals surface area contributed by atoms with Crippen LogP contribution in [0.15, 0.2) is 23.2 Å². The molecule has 27 heavy (non-hydrogen) atoms. The van der Waals surface area contributed by atoms with Crippen LogP contribution in [0, 0.1) is 5.92 Å². The molecule has 0 spiro atoms. The van der Waals surface area contributed by atoms with E-state index < -0.39 is 9.84 Å². The molecule has 2 atom stereocenters. The summed E-state index contributed by atoms with van der Waals surface area (Å²) < 4.78 is 29.8. The molecule has 0 bridgehead atoms. The summed E-state index contributed by atoms with van der Waals surface area (Å²) in [6, 6.07) is 4.88. The Morgan fingerprint density at radius 3 is 2.70 bits per heavy atom. The highest BCUT2D eigenvalue weighted by molar-refractivity contribution is 8.16. The molecule has 0 N–H and O–H groups in total. The second-order valence-corrected chi connectivity index (χ2v) is 10.5. The fraction of sp³-hybridized carbons (Fsp3) is 0.556. The molecule has 2 aliphatic rings. The Hall–Kier alpha value is -1.25. The van der Waals surface area contributed by atoms with E-state index >= 15 is 0 Å². The summed E-state index contributed by atoms with van der Waals surface area (Å²) in [6.45, 7) is 3.93. The zero-order chi connectivity index (χ0) is 19.8. The highest BCUT2D eigenvalue weighted by Gasteiger charge is 2.50. The van der Waals surface area contributed by atoms with Gasteiger partial charge in [-0.2, -0.15) is 4.99 Å². The number of methoxy groups -OCH3 is 1. The number of benzene rings is 1. The zero-order valence-corrected chi connectivity index (χ0v) is 17.9. The Kier molecular flexibility index (Phi) is 6.08. The lowest BCUT2D eigenvalue weighted by molar-refractivity contribution is -0.121. The van der Waals surface area contributed by atoms with E-state index in [4.69, 9.17) is 16.3 Å². The van der Waals surface area contributed by atoms with Crippen molar-refractivity contribution in [1.82, 2.24) is 0 Å². The van der Waals surface area contributed by atoms with Crippen molar-refractivity contribution < 1.29 is 17.9 Å². The van der Waals surface area contributed by atoms with Gasteiger partial charge in [-0.15, -0.1) is 0 Å². The molecule has 3 rings (SSSR count). The van der Waals surface area contributed by atoms with Gasteiger partial charge in [0, 0.05) is 16.2 Å². The van der Waals surface area contributed by atoms with Crippen LogP contribution in [0.3, 0.4) is 0 Å². The monoisotopic (exact) mass is 430 g/mol. The van der Waals surface area contributed by atoms with Crippen molar-refractivity contribution in [2.75, 3.05) is 23.5 Å². The van der Waals surface area contributed by atoms with Gasteiger partial charge in [-0.3, -0.25) is 4.79 Å². The van der Waals surface area contributed by atoms with Crippen molar-refractivity contribution in [3.05, 3.63) is 23.2 Å². The number of amidine groups is 1. The minimum absolute atomic E-state index is 0.0263. The SMILES string of the molecule is CCC(CC)C(=O)N=C1S[C@@H]2CS(=O)(=O)C[C@@H]2N1c1cc(Cl)ccc1OC. The summed E-state index contributed by atoms with van der Waals surface area (Å²) in [5, 5.41) is 0.870. The topological polar surface area (TPSA) is 76.0 Å². The molecule has 0 aromatic heterocycles. The minimum atomic E-state index is -3.13. The molecule has 0 radical (unpaired) electrons. The molecule has 2 heterocycles. The number of thioether (sulfide) groups is 1. The number of carbonyl (C=O) groups is 1. The molecule has 0 unspecified atom stereocenters. The average molecular weight is 431 g/mol. The predicted molar refractivity (Wildman–Crippen MR) is 111 cm³/mol. The summed E-state index contributed by atoms with van der Waals surface area (Å²) in [4.78, 5) is 18.8. The summed E-state index contributed by atoms with van der Waals surface area (Å²) in [7, 11) is -1.58. The third-order valence-electron chi connectivity index (χ3n) is 5.01. The van der Waals surface area contributed by atoms with E-state index in [-0.39, 0.29) is 34.6 Å². The maximum atomic E-state index is 12.6. The Balaban J connectivity index is 2.07. The molecule has 2 aliphatic heterocycles. The molecule has 6 nitrogen and oxygen atoms in total. The van der Waals surface area contributed by atoms with Gasteiger partial charge < -0.3 is 9.64 Å². The molecule has 0 aliphatic carbocycles. The number of sulfone groups is 1. The summed E-state index contributed by atoms with van der Waals surface area (Å²) in [5.74, 6) is 0.368. The van der Waals surface area contributed by atoms with E-state index in [1.165, 1.54) is 11.8 Å². The Labute approximate surface area is 169 Å². The largest absolute Gasteiger partial charge is 0.495 e. The van der Waals surface area contributed by atoms with Crippen molar-refractivity contribution in [3.8, 4) is 5.75 Å². The molecule has 1 aromatic rings. The first-order valence-corrected chi connectivity index (χ1v) is 12.0. The number of carbonyl (C=O) groups excluding carboxylic acids is 1. The first-order chi connectivity index (χ1) is 12.8. The normalized spacial score (nSPS) is 25.2. The molecule has 0 saturated carbocycles. The fourth-order valence-corrected chi connectivity index (χ4v) is 7.60. The molecule has 2 saturated heterocycles. The Bertz CT molecular complexity index is 868. The lowest BCUT2D eigenvalue weighted by Gasteiger charge is -2.26. The van der Waals surface area contributed by atoms with Crippen LogP contribution in [0.2, 0.25) is 5.02 Å². The number of fused-ring (bicyclic) bond motifs is 1. The molecule has 148 valence electrons. The molecule has 1 amide bonds. The van der Waals surface area contributed by atoms with Gasteiger partial charge in [0.2, 0.25) is 0 Å². The van der Waals surface area contributed by atoms with Crippen molar-refractivity contribution >= 4 is 50.0 Å². The predicted octanol–water partition coefficient (Wildman–Crippen LogP) is 3.39. The van der Waals surface area contributed by atoms with Crippen LogP contribution in [-0.4, -0.2) is 49.4 Å². The van der Waals surface area contributed by atoms with Crippen LogP contribution in [0.4, 0.5) is 5.69 Å². The van der Waals surface area contributed by atoms with Crippen LogP contribution in [0.1, 0.15) is 26.7 Å². The first-order valence-electron chi connectivity index (χ1n) is 8.92. The van der Waals surface area contributed by atoms with Gasteiger partial charge in [-0.05, 0) is 31.0 Å². The van der Waals surface area contributed by atoms with E-state index in [0.717, 1.165) is 12.8 Å². The van der Waals surface area contributed by atoms with Crippen LogP contribution in [-0.2, 0) is 14.6 Å². The van der Waals surface area contributed by atoms with Crippen LogP contribution in [0.25, 0.3) is 0 Å². The van der Waals surface area contributed by atoms with E-state index in [2.05, 4.69) is 4.99 Å². The van der Waals surface area contributed by atoms with Crippen LogP contribution in [0.5, 0.6) is 5.75 Å². The third-order valence-corrected chi connectivity index (χ3v) is 8.45. The van der Waals surface area contributed by atoms with Gasteiger partial charge >= 0.3 is 0 Å². The van der Waals surface area contributed by atoms with Gasteiger partial charge in [0.15, 0.2) is 15.0 Å². The van der Waals surface area contributed by atoms with Crippen LogP contribution >= 0.6 is 23.4 Å². The molecule has 1 aromatic carbocycles. The number of aliphatic imine (C=N–C) groups is 1. The van der Waals surface area contributed by atoms with E-state index in [0.29, 0.717) is 21.6 Å². The smallest absolute Gasteiger partial charge is 0.251 e. The quantitative estimate of drug-likeness (QED) is 0.712. The summed E-state index contributed by atoms with van der Waals surface area (Å²) in [5.41, 5.74) is 0.637. The van der Waals surface area contributed by atoms with E-state index in [9.17, 15) is 13.2 Å². The number of amides is 1. The maximum absolute atomic E-state index is 12.6. The number of rotatable bonds is 5. The molecular weight excluding hydrogens is 408 g/mol. The standard InChI is InChI=1S/C18H23ClN2O4S2/c1-4-11(5-2)17(22)20-18-21(13-8-12(19)6-7-15(13)25-3)14-9-27(23,24)10-16(14)26-18/h6-8,11,14,16H,4-5,9-10H2,1-3H3/t14-,16+/m0/s1. The van der Waals surface area contributed by atoms with Gasteiger partial charge in [-0.1, -0.05) is 37.2 Å². The van der Waals surface area contributed by atoms with E-state index in [1.807, 2.05) is 18.7 Å². The Morgan fingerprint density at radius 1 is 1.37 bits per heavy atom. The molecule has 2 fully saturated rings. The lowest BCUT2D eigenvalue weighted by Crippen LogP contribution is -2.38. The van der Waals surface area contributed by atoms with Gasteiger partial charge in [0.1, 0.15) is 5.75 Å². The Morgan fingerprint density at radius 2 is 2.07 bits per heavy atom. The van der Waals surface area contributed by atoms with Crippen molar-refractivity contribution in [2.24, 2.45) is 10.9 Å². The van der Waals surface area contributed by atoms with Gasteiger partial charge in [-0.25, -0.2) is 8.42 Å². The molecule has 9 heteroatoms. The number of hydrogen-bond donors (Lipinski definition) is 0. The van der Waals surface area contributed by atoms with Crippen molar-refractivity contribution in [3.63, 3.8) is 0 Å². The van der Waals surface area contributed by atoms with Gasteiger partial charge in [0.05, 0.1) is 30.3 Å². The fourth-order valence-electron chi connectivity index (χ4n) is 3.52. The van der Waals surface area contributed by atoms with Crippen molar-refractivity contribution in [2.45, 2.75) is 38.0 Å². The zero-order valence-electron chi connectivity index (χ0n) is 15.5. The number of anilines is 1. The van der Waals surface area contributed by atoms with Crippen LogP contribution < -0.4 is 9.64 Å². The van der Waals surface area contributed by atoms with E-state index in [1.54, 1.807) is 25.3 Å². The first kappa shape index (κ1) is 20.5. The highest BCUT2D eigenvalue weighted by Crippen LogP contribution is 2.44. The second-order valence-electron chi connectivity index (χ2n) is 6.73. The second kappa shape index (κ2) is 8.01. The lowest BCUT2D eigenvalue weighted by atomic mass is 10.0. The number of halogens is 1. The number of nitrogens with zero attached hydrogens (tertiary/aromatic N) is 2. The summed E-state index contributed by atoms with van der Waals surface area (Å²) in [6.07, 6.45) is 1.44.